The number of anilines is 2. The van der Waals surface area contributed by atoms with Crippen molar-refractivity contribution < 1.29 is 4.39 Å². The molecule has 0 aliphatic heterocycles. The van der Waals surface area contributed by atoms with Crippen LogP contribution in [0.4, 0.5) is 16.0 Å². The number of nitrogens with zero attached hydrogens (tertiary/aromatic N) is 3. The Balaban J connectivity index is 1.97. The molecule has 0 saturated carbocycles. The number of nitrogens with one attached hydrogen (secondary N) is 2. The third-order valence-corrected chi connectivity index (χ3v) is 2.30. The SMILES string of the molecule is Fc1ccccc1Nc1ncc2[nH]cnc2n1. The second-order valence-electron chi connectivity index (χ2n) is 3.44. The monoisotopic (exact) mass is 229 g/mol. The Morgan fingerprint density at radius 3 is 2.94 bits per heavy atom. The first-order valence-electron chi connectivity index (χ1n) is 5.00. The predicted molar refractivity (Wildman–Crippen MR) is 61.4 cm³/mol. The molecular formula is C11H8FN5. The van der Waals surface area contributed by atoms with Crippen LogP contribution in [0.25, 0.3) is 11.2 Å². The maximum Gasteiger partial charge on any atom is 0.229 e. The van der Waals surface area contributed by atoms with Crippen molar-refractivity contribution in [1.82, 2.24) is 19.9 Å². The summed E-state index contributed by atoms with van der Waals surface area (Å²) in [6.07, 6.45) is 3.13. The van der Waals surface area contributed by atoms with Crippen molar-refractivity contribution >= 4 is 22.8 Å². The Bertz CT molecular complexity index is 664. The molecule has 0 fully saturated rings. The number of benzene rings is 1. The first-order valence-corrected chi connectivity index (χ1v) is 5.00. The Labute approximate surface area is 95.8 Å². The normalized spacial score (nSPS) is 10.6. The van der Waals surface area contributed by atoms with Crippen LogP contribution in [0.2, 0.25) is 0 Å². The van der Waals surface area contributed by atoms with Gasteiger partial charge < -0.3 is 10.3 Å². The third-order valence-electron chi connectivity index (χ3n) is 2.30. The summed E-state index contributed by atoms with van der Waals surface area (Å²) in [5.41, 5.74) is 1.62. The highest BCUT2D eigenvalue weighted by molar-refractivity contribution is 5.70. The van der Waals surface area contributed by atoms with Crippen LogP contribution >= 0.6 is 0 Å². The molecule has 6 heteroatoms. The molecular weight excluding hydrogens is 221 g/mol. The van der Waals surface area contributed by atoms with Crippen LogP contribution in [0.3, 0.4) is 0 Å². The minimum Gasteiger partial charge on any atom is -0.342 e. The lowest BCUT2D eigenvalue weighted by molar-refractivity contribution is 0.631. The van der Waals surface area contributed by atoms with E-state index in [1.54, 1.807) is 24.4 Å². The van der Waals surface area contributed by atoms with E-state index in [1.165, 1.54) is 12.4 Å². The number of aromatic amines is 1. The van der Waals surface area contributed by atoms with Gasteiger partial charge in [0.05, 0.1) is 18.2 Å². The molecule has 0 bridgehead atoms. The number of halogens is 1. The van der Waals surface area contributed by atoms with Crippen molar-refractivity contribution in [3.8, 4) is 0 Å². The van der Waals surface area contributed by atoms with E-state index < -0.39 is 0 Å². The fraction of sp³-hybridized carbons (Fsp3) is 0. The molecule has 0 spiro atoms. The summed E-state index contributed by atoms with van der Waals surface area (Å²) in [6.45, 7) is 0. The fourth-order valence-corrected chi connectivity index (χ4v) is 1.48. The van der Waals surface area contributed by atoms with E-state index in [1.807, 2.05) is 0 Å². The molecule has 0 aliphatic carbocycles. The van der Waals surface area contributed by atoms with Crippen molar-refractivity contribution in [3.05, 3.63) is 42.6 Å². The maximum absolute atomic E-state index is 13.4. The Kier molecular flexibility index (Phi) is 2.18. The van der Waals surface area contributed by atoms with Crippen LogP contribution in [0, 0.1) is 5.82 Å². The van der Waals surface area contributed by atoms with Crippen LogP contribution in [0.15, 0.2) is 36.8 Å². The van der Waals surface area contributed by atoms with Gasteiger partial charge in [-0.1, -0.05) is 12.1 Å². The maximum atomic E-state index is 13.4. The highest BCUT2D eigenvalue weighted by Crippen LogP contribution is 2.17. The largest absolute Gasteiger partial charge is 0.342 e. The van der Waals surface area contributed by atoms with E-state index in [2.05, 4.69) is 25.3 Å². The van der Waals surface area contributed by atoms with Crippen LogP contribution < -0.4 is 5.32 Å². The van der Waals surface area contributed by atoms with Gasteiger partial charge in [0.2, 0.25) is 5.95 Å². The minimum absolute atomic E-state index is 0.315. The van der Waals surface area contributed by atoms with Gasteiger partial charge in [-0.2, -0.15) is 4.98 Å². The zero-order valence-corrected chi connectivity index (χ0v) is 8.68. The lowest BCUT2D eigenvalue weighted by Gasteiger charge is -2.04. The lowest BCUT2D eigenvalue weighted by Crippen LogP contribution is -1.98. The van der Waals surface area contributed by atoms with Gasteiger partial charge in [-0.25, -0.2) is 14.4 Å². The Hall–Kier alpha value is -2.50. The summed E-state index contributed by atoms with van der Waals surface area (Å²) < 4.78 is 13.4. The number of aromatic nitrogens is 4. The Morgan fingerprint density at radius 2 is 2.06 bits per heavy atom. The minimum atomic E-state index is -0.349. The lowest BCUT2D eigenvalue weighted by atomic mass is 10.3. The summed E-state index contributed by atoms with van der Waals surface area (Å²) in [5.74, 6) is -0.0343. The van der Waals surface area contributed by atoms with E-state index in [9.17, 15) is 4.39 Å². The zero-order valence-electron chi connectivity index (χ0n) is 8.68. The third kappa shape index (κ3) is 1.80. The summed E-state index contributed by atoms with van der Waals surface area (Å²) in [6, 6.07) is 6.35. The summed E-state index contributed by atoms with van der Waals surface area (Å²) >= 11 is 0. The quantitative estimate of drug-likeness (QED) is 0.707. The average molecular weight is 229 g/mol. The number of rotatable bonds is 2. The molecule has 1 aromatic carbocycles. The first-order chi connectivity index (χ1) is 8.33. The summed E-state index contributed by atoms with van der Waals surface area (Å²) in [7, 11) is 0. The number of para-hydroxylation sites is 1. The van der Waals surface area contributed by atoms with Gasteiger partial charge >= 0.3 is 0 Å². The van der Waals surface area contributed by atoms with Gasteiger partial charge in [-0.3, -0.25) is 0 Å². The molecule has 2 aromatic heterocycles. The van der Waals surface area contributed by atoms with Crippen LogP contribution in [0.1, 0.15) is 0 Å². The molecule has 84 valence electrons. The highest BCUT2D eigenvalue weighted by atomic mass is 19.1. The molecule has 0 radical (unpaired) electrons. The van der Waals surface area contributed by atoms with Crippen molar-refractivity contribution in [3.63, 3.8) is 0 Å². The molecule has 17 heavy (non-hydrogen) atoms. The molecule has 0 saturated heterocycles. The van der Waals surface area contributed by atoms with Crippen molar-refractivity contribution in [2.75, 3.05) is 5.32 Å². The smallest absolute Gasteiger partial charge is 0.229 e. The fourth-order valence-electron chi connectivity index (χ4n) is 1.48. The zero-order chi connectivity index (χ0) is 11.7. The van der Waals surface area contributed by atoms with Crippen molar-refractivity contribution in [2.45, 2.75) is 0 Å². The van der Waals surface area contributed by atoms with E-state index in [-0.39, 0.29) is 5.82 Å². The van der Waals surface area contributed by atoms with Gasteiger partial charge in [0, 0.05) is 0 Å². The van der Waals surface area contributed by atoms with Crippen LogP contribution in [-0.4, -0.2) is 19.9 Å². The van der Waals surface area contributed by atoms with E-state index in [0.717, 1.165) is 5.52 Å². The molecule has 0 atom stereocenters. The number of H-pyrrole nitrogens is 1. The second-order valence-corrected chi connectivity index (χ2v) is 3.44. The standard InChI is InChI=1S/C11H8FN5/c12-7-3-1-2-4-8(7)16-11-13-5-9-10(17-11)15-6-14-9/h1-6H,(H2,13,14,15,16,17). The van der Waals surface area contributed by atoms with E-state index in [0.29, 0.717) is 17.3 Å². The number of hydrogen-bond donors (Lipinski definition) is 2. The topological polar surface area (TPSA) is 66.5 Å². The van der Waals surface area contributed by atoms with Crippen molar-refractivity contribution in [2.24, 2.45) is 0 Å². The molecule has 0 unspecified atom stereocenters. The first kappa shape index (κ1) is 9.71. The van der Waals surface area contributed by atoms with E-state index >= 15 is 0 Å². The molecule has 3 aromatic rings. The van der Waals surface area contributed by atoms with Crippen molar-refractivity contribution in [1.29, 1.82) is 0 Å². The predicted octanol–water partition coefficient (Wildman–Crippen LogP) is 2.24. The van der Waals surface area contributed by atoms with Gasteiger partial charge in [0.1, 0.15) is 11.3 Å². The molecule has 0 aliphatic rings. The van der Waals surface area contributed by atoms with Gasteiger partial charge in [0.25, 0.3) is 0 Å². The van der Waals surface area contributed by atoms with E-state index in [4.69, 9.17) is 0 Å². The van der Waals surface area contributed by atoms with Crippen LogP contribution in [0.5, 0.6) is 0 Å². The van der Waals surface area contributed by atoms with Gasteiger partial charge in [0.15, 0.2) is 5.65 Å². The molecule has 2 N–H and O–H groups in total. The number of hydrogen-bond acceptors (Lipinski definition) is 4. The average Bonchev–Trinajstić information content (AvgIpc) is 2.79. The number of fused-ring (bicyclic) bond motifs is 1. The summed E-state index contributed by atoms with van der Waals surface area (Å²) in [5, 5.41) is 2.80. The Morgan fingerprint density at radius 1 is 1.18 bits per heavy atom. The second kappa shape index (κ2) is 3.82. The molecule has 5 nitrogen and oxygen atoms in total. The molecule has 2 heterocycles. The highest BCUT2D eigenvalue weighted by Gasteiger charge is 2.04. The molecule has 3 rings (SSSR count). The van der Waals surface area contributed by atoms with Gasteiger partial charge in [-0.05, 0) is 12.1 Å². The summed E-state index contributed by atoms with van der Waals surface area (Å²) in [4.78, 5) is 15.1. The van der Waals surface area contributed by atoms with Crippen LogP contribution in [-0.2, 0) is 0 Å². The molecule has 0 amide bonds. The van der Waals surface area contributed by atoms with Gasteiger partial charge in [-0.15, -0.1) is 0 Å². The number of imidazole rings is 1.